The predicted molar refractivity (Wildman–Crippen MR) is 47.7 cm³/mol. The second kappa shape index (κ2) is 5.13. The molecule has 0 bridgehead atoms. The van der Waals surface area contributed by atoms with E-state index in [1.807, 2.05) is 0 Å². The number of nitrogens with one attached hydrogen (secondary N) is 1. The molecular weight excluding hydrogens is 216 g/mol. The van der Waals surface area contributed by atoms with Crippen LogP contribution in [-0.4, -0.2) is 20.5 Å². The minimum atomic E-state index is -2.52. The van der Waals surface area contributed by atoms with Gasteiger partial charge in [-0.25, -0.2) is 9.19 Å². The Morgan fingerprint density at radius 2 is 2.46 bits per heavy atom. The van der Waals surface area contributed by atoms with Gasteiger partial charge < -0.3 is 9.87 Å². The average Bonchev–Trinajstić information content (AvgIpc) is 2.03. The van der Waals surface area contributed by atoms with Crippen molar-refractivity contribution >= 4 is 28.8 Å². The van der Waals surface area contributed by atoms with Crippen LogP contribution in [0, 0.1) is 0 Å². The first-order valence-electron chi connectivity index (χ1n) is 3.27. The molecule has 0 saturated carbocycles. The molecule has 13 heavy (non-hydrogen) atoms. The average molecular weight is 222 g/mol. The summed E-state index contributed by atoms with van der Waals surface area (Å²) in [6.07, 6.45) is 0. The van der Waals surface area contributed by atoms with Crippen molar-refractivity contribution in [3.63, 3.8) is 0 Å². The van der Waals surface area contributed by atoms with E-state index in [0.29, 0.717) is 11.0 Å². The Labute approximate surface area is 82.6 Å². The Morgan fingerprint density at radius 3 is 3.08 bits per heavy atom. The fourth-order valence-electron chi connectivity index (χ4n) is 0.658. The Morgan fingerprint density at radius 1 is 1.69 bits per heavy atom. The second-order valence-electron chi connectivity index (χ2n) is 1.99. The maximum atomic E-state index is 9.95. The summed E-state index contributed by atoms with van der Waals surface area (Å²) in [5.41, 5.74) is 0. The topological polar surface area (TPSA) is 74.3 Å². The first kappa shape index (κ1) is 10.4. The van der Waals surface area contributed by atoms with Crippen LogP contribution in [0.5, 0.6) is 0 Å². The summed E-state index contributed by atoms with van der Waals surface area (Å²) in [4.78, 5) is 3.84. The summed E-state index contributed by atoms with van der Waals surface area (Å²) in [5.74, 6) is 0.456. The highest BCUT2D eigenvalue weighted by Crippen LogP contribution is 2.08. The van der Waals surface area contributed by atoms with E-state index in [-0.39, 0.29) is 6.73 Å². The van der Waals surface area contributed by atoms with Gasteiger partial charge in [-0.1, -0.05) is 17.7 Å². The van der Waals surface area contributed by atoms with Crippen LogP contribution >= 0.6 is 11.6 Å². The zero-order valence-electron chi connectivity index (χ0n) is 6.40. The van der Waals surface area contributed by atoms with Crippen LogP contribution in [0.1, 0.15) is 0 Å². The molecule has 0 amide bonds. The quantitative estimate of drug-likeness (QED) is 0.465. The van der Waals surface area contributed by atoms with Crippen LogP contribution in [0.25, 0.3) is 0 Å². The van der Waals surface area contributed by atoms with E-state index in [9.17, 15) is 8.76 Å². The van der Waals surface area contributed by atoms with Gasteiger partial charge in [-0.05, 0) is 12.1 Å². The number of anilines is 1. The van der Waals surface area contributed by atoms with E-state index in [1.54, 1.807) is 18.2 Å². The fraction of sp³-hybridized carbons (Fsp3) is 0.167. The van der Waals surface area contributed by atoms with Crippen LogP contribution < -0.4 is 5.32 Å². The van der Waals surface area contributed by atoms with Crippen molar-refractivity contribution in [2.45, 2.75) is 0 Å². The number of halogens is 1. The number of hydrogen-bond donors (Lipinski definition) is 1. The van der Waals surface area contributed by atoms with Crippen molar-refractivity contribution in [2.24, 2.45) is 0 Å². The molecule has 1 rings (SSSR count). The molecule has 7 heteroatoms. The highest BCUT2D eigenvalue weighted by Gasteiger charge is 1.93. The third-order valence-corrected chi connectivity index (χ3v) is 1.64. The third-order valence-electron chi connectivity index (χ3n) is 1.12. The van der Waals surface area contributed by atoms with Crippen LogP contribution in [-0.2, 0) is 15.5 Å². The smallest absolute Gasteiger partial charge is 0.133 e. The van der Waals surface area contributed by atoms with E-state index in [4.69, 9.17) is 11.6 Å². The van der Waals surface area contributed by atoms with Gasteiger partial charge in [-0.2, -0.15) is 0 Å². The third kappa shape index (κ3) is 4.18. The molecule has 1 aromatic heterocycles. The largest absolute Gasteiger partial charge is 0.750 e. The zero-order valence-corrected chi connectivity index (χ0v) is 7.97. The Kier molecular flexibility index (Phi) is 4.10. The molecule has 0 saturated heterocycles. The molecule has 5 nitrogen and oxygen atoms in total. The van der Waals surface area contributed by atoms with Crippen LogP contribution in [0.15, 0.2) is 18.2 Å². The molecular formula is C6H6ClN2O3S-. The highest BCUT2D eigenvalue weighted by atomic mass is 35.5. The lowest BCUT2D eigenvalue weighted by molar-refractivity contribution is 0.322. The first-order valence-corrected chi connectivity index (χ1v) is 4.65. The normalized spacial score (nSPS) is 12.5. The van der Waals surface area contributed by atoms with E-state index in [1.165, 1.54) is 0 Å². The van der Waals surface area contributed by atoms with Crippen LogP contribution in [0.3, 0.4) is 0 Å². The van der Waals surface area contributed by atoms with E-state index >= 15 is 0 Å². The first-order chi connectivity index (χ1) is 6.18. The van der Waals surface area contributed by atoms with Crippen LogP contribution in [0.2, 0.25) is 5.15 Å². The monoisotopic (exact) mass is 221 g/mol. The Hall–Kier alpha value is -0.690. The zero-order chi connectivity index (χ0) is 9.68. The molecule has 0 spiro atoms. The van der Waals surface area contributed by atoms with E-state index in [2.05, 4.69) is 14.5 Å². The second-order valence-corrected chi connectivity index (χ2v) is 3.02. The highest BCUT2D eigenvalue weighted by molar-refractivity contribution is 7.74. The van der Waals surface area contributed by atoms with Crippen molar-refractivity contribution in [1.82, 2.24) is 4.98 Å². The SMILES string of the molecule is O=S([O-])OCNc1cccc(Cl)n1. The van der Waals surface area contributed by atoms with Crippen molar-refractivity contribution in [3.05, 3.63) is 23.4 Å². The van der Waals surface area contributed by atoms with Gasteiger partial charge in [0.2, 0.25) is 0 Å². The van der Waals surface area contributed by atoms with Crippen molar-refractivity contribution < 1.29 is 12.9 Å². The number of hydrogen-bond acceptors (Lipinski definition) is 5. The van der Waals surface area contributed by atoms with Crippen LogP contribution in [0.4, 0.5) is 5.82 Å². The summed E-state index contributed by atoms with van der Waals surface area (Å²) in [5, 5.41) is 2.93. The molecule has 1 atom stereocenters. The van der Waals surface area contributed by atoms with E-state index < -0.39 is 11.4 Å². The van der Waals surface area contributed by atoms with Gasteiger partial charge in [0.1, 0.15) is 17.7 Å². The summed E-state index contributed by atoms with van der Waals surface area (Å²) < 4.78 is 24.1. The molecule has 0 fully saturated rings. The van der Waals surface area contributed by atoms with Crippen molar-refractivity contribution in [1.29, 1.82) is 0 Å². The molecule has 1 aromatic rings. The lowest BCUT2D eigenvalue weighted by atomic mass is 10.5. The van der Waals surface area contributed by atoms with E-state index in [0.717, 1.165) is 0 Å². The summed E-state index contributed by atoms with van der Waals surface area (Å²) >= 11 is 3.05. The minimum absolute atomic E-state index is 0.163. The van der Waals surface area contributed by atoms with Gasteiger partial charge in [-0.3, -0.25) is 4.18 Å². The molecule has 72 valence electrons. The molecule has 0 aromatic carbocycles. The van der Waals surface area contributed by atoms with Crippen molar-refractivity contribution in [2.75, 3.05) is 12.0 Å². The summed E-state index contributed by atoms with van der Waals surface area (Å²) in [7, 11) is 0. The maximum Gasteiger partial charge on any atom is 0.133 e. The van der Waals surface area contributed by atoms with Gasteiger partial charge in [0.15, 0.2) is 0 Å². The van der Waals surface area contributed by atoms with Gasteiger partial charge in [0, 0.05) is 0 Å². The minimum Gasteiger partial charge on any atom is -0.750 e. The van der Waals surface area contributed by atoms with Gasteiger partial charge in [0.05, 0.1) is 11.4 Å². The molecule has 0 aliphatic carbocycles. The molecule has 0 aliphatic heterocycles. The summed E-state index contributed by atoms with van der Waals surface area (Å²) in [6.45, 7) is -0.163. The number of nitrogens with zero attached hydrogens (tertiary/aromatic N) is 1. The molecule has 0 radical (unpaired) electrons. The van der Waals surface area contributed by atoms with Crippen molar-refractivity contribution in [3.8, 4) is 0 Å². The number of rotatable bonds is 4. The van der Waals surface area contributed by atoms with Gasteiger partial charge in [-0.15, -0.1) is 0 Å². The number of pyridine rings is 1. The maximum absolute atomic E-state index is 9.95. The lowest BCUT2D eigenvalue weighted by Gasteiger charge is -2.07. The molecule has 1 N–H and O–H groups in total. The fourth-order valence-corrected chi connectivity index (χ4v) is 0.977. The summed E-state index contributed by atoms with van der Waals surface area (Å²) in [6, 6.07) is 4.94. The standard InChI is InChI=1S/C6H7ClN2O3S/c7-5-2-1-3-6(9-5)8-4-12-13(10)11/h1-3H,4H2,(H,8,9)(H,10,11)/p-1. The number of aromatic nitrogens is 1. The predicted octanol–water partition coefficient (Wildman–Crippen LogP) is 0.915. The molecule has 1 unspecified atom stereocenters. The molecule has 0 aliphatic rings. The van der Waals surface area contributed by atoms with Gasteiger partial charge in [0.25, 0.3) is 0 Å². The molecule has 1 heterocycles. The Bertz CT molecular complexity index is 310. The van der Waals surface area contributed by atoms with Gasteiger partial charge >= 0.3 is 0 Å². The lowest BCUT2D eigenvalue weighted by Crippen LogP contribution is -2.08. The Balaban J connectivity index is 2.41.